The molecule has 1 aromatic heterocycles. The first kappa shape index (κ1) is 25.6. The summed E-state index contributed by atoms with van der Waals surface area (Å²) in [6.45, 7) is 1.42. The lowest BCUT2D eigenvalue weighted by Crippen LogP contribution is -2.46. The van der Waals surface area contributed by atoms with E-state index in [-0.39, 0.29) is 24.1 Å². The van der Waals surface area contributed by atoms with E-state index in [1.807, 2.05) is 29.2 Å². The first-order valence-corrected chi connectivity index (χ1v) is 12.8. The van der Waals surface area contributed by atoms with Crippen LogP contribution in [-0.2, 0) is 17.8 Å². The van der Waals surface area contributed by atoms with Gasteiger partial charge in [-0.05, 0) is 55.0 Å². The van der Waals surface area contributed by atoms with Gasteiger partial charge in [-0.15, -0.1) is 0 Å². The fraction of sp³-hybridized carbons (Fsp3) is 0.333. The Morgan fingerprint density at radius 3 is 2.92 bits per heavy atom. The Bertz CT molecular complexity index is 1340. The quantitative estimate of drug-likeness (QED) is 0.461. The maximum absolute atomic E-state index is 12.7. The molecule has 1 saturated heterocycles. The van der Waals surface area contributed by atoms with Gasteiger partial charge in [0.05, 0.1) is 18.3 Å². The molecule has 2 aliphatic rings. The highest BCUT2D eigenvalue weighted by Gasteiger charge is 2.26. The number of nitrogens with one attached hydrogen (secondary N) is 2. The van der Waals surface area contributed by atoms with Gasteiger partial charge in [-0.2, -0.15) is 4.98 Å². The number of rotatable bonds is 7. The van der Waals surface area contributed by atoms with E-state index in [0.717, 1.165) is 30.5 Å². The molecule has 0 bridgehead atoms. The van der Waals surface area contributed by atoms with Crippen molar-refractivity contribution in [3.63, 3.8) is 0 Å². The van der Waals surface area contributed by atoms with Gasteiger partial charge in [0.2, 0.25) is 17.6 Å². The lowest BCUT2D eigenvalue weighted by molar-refractivity contribution is -0.122. The number of carbonyl (C=O) groups excluding carboxylic acids is 2. The molecule has 11 heteroatoms. The van der Waals surface area contributed by atoms with Crippen LogP contribution in [0.15, 0.2) is 48.7 Å². The highest BCUT2D eigenvalue weighted by Crippen LogP contribution is 2.35. The van der Waals surface area contributed by atoms with Crippen LogP contribution in [0.4, 0.5) is 16.4 Å². The number of aromatic nitrogens is 2. The van der Waals surface area contributed by atoms with Crippen molar-refractivity contribution in [1.29, 1.82) is 0 Å². The van der Waals surface area contributed by atoms with Gasteiger partial charge < -0.3 is 29.7 Å². The van der Waals surface area contributed by atoms with Crippen molar-refractivity contribution in [2.45, 2.75) is 38.3 Å². The second-order valence-electron chi connectivity index (χ2n) is 9.00. The average molecular weight is 538 g/mol. The number of halogens is 1. The third-order valence-electron chi connectivity index (χ3n) is 6.46. The van der Waals surface area contributed by atoms with Crippen LogP contribution >= 0.6 is 11.6 Å². The summed E-state index contributed by atoms with van der Waals surface area (Å²) in [4.78, 5) is 36.0. The van der Waals surface area contributed by atoms with Gasteiger partial charge in [0.25, 0.3) is 5.88 Å². The van der Waals surface area contributed by atoms with Crippen molar-refractivity contribution in [2.75, 3.05) is 25.1 Å². The molecule has 1 atom stereocenters. The molecule has 1 fully saturated rings. The zero-order valence-corrected chi connectivity index (χ0v) is 21.7. The molecule has 198 valence electrons. The molecule has 0 saturated carbocycles. The molecule has 2 N–H and O–H groups in total. The van der Waals surface area contributed by atoms with Crippen LogP contribution < -0.4 is 29.7 Å². The smallest absolute Gasteiger partial charge is 0.413 e. The van der Waals surface area contributed by atoms with Crippen molar-refractivity contribution in [3.05, 3.63) is 64.8 Å². The molecule has 3 heterocycles. The largest absolute Gasteiger partial charge is 0.495 e. The number of ether oxygens (including phenoxy) is 3. The Kier molecular flexibility index (Phi) is 7.78. The Morgan fingerprint density at radius 1 is 1.21 bits per heavy atom. The number of hydrogen-bond donors (Lipinski definition) is 2. The number of methoxy groups -OCH3 is 1. The molecule has 0 spiro atoms. The Balaban J connectivity index is 1.37. The average Bonchev–Trinajstić information content (AvgIpc) is 3.25. The van der Waals surface area contributed by atoms with Crippen LogP contribution in [0.3, 0.4) is 0 Å². The molecule has 2 aromatic carbocycles. The molecule has 10 nitrogen and oxygen atoms in total. The van der Waals surface area contributed by atoms with Crippen molar-refractivity contribution in [2.24, 2.45) is 0 Å². The highest BCUT2D eigenvalue weighted by atomic mass is 35.5. The van der Waals surface area contributed by atoms with E-state index in [0.29, 0.717) is 36.2 Å². The van der Waals surface area contributed by atoms with Gasteiger partial charge in [0, 0.05) is 18.8 Å². The summed E-state index contributed by atoms with van der Waals surface area (Å²) in [6.07, 6.45) is 3.70. The van der Waals surface area contributed by atoms with Gasteiger partial charge in [-0.25, -0.2) is 9.78 Å². The Hall–Kier alpha value is -4.05. The van der Waals surface area contributed by atoms with Crippen molar-refractivity contribution < 1.29 is 23.8 Å². The Labute approximate surface area is 225 Å². The van der Waals surface area contributed by atoms with E-state index < -0.39 is 12.1 Å². The third kappa shape index (κ3) is 5.75. The van der Waals surface area contributed by atoms with Crippen LogP contribution in [0, 0.1) is 0 Å². The Morgan fingerprint density at radius 2 is 2.08 bits per heavy atom. The van der Waals surface area contributed by atoms with Crippen molar-refractivity contribution in [1.82, 2.24) is 20.6 Å². The summed E-state index contributed by atoms with van der Waals surface area (Å²) >= 11 is 6.26. The highest BCUT2D eigenvalue weighted by molar-refractivity contribution is 6.32. The minimum atomic E-state index is -0.785. The van der Waals surface area contributed by atoms with E-state index in [1.54, 1.807) is 19.2 Å². The number of anilines is 2. The SMILES string of the molecule is COc1ccc(COc2nc(N3CCc4ccccc43)ncc2OC(=O)NC2CCCCNC2=O)cc1Cl. The van der Waals surface area contributed by atoms with E-state index in [1.165, 1.54) is 11.8 Å². The van der Waals surface area contributed by atoms with E-state index in [4.69, 9.17) is 25.8 Å². The summed E-state index contributed by atoms with van der Waals surface area (Å²) in [5.41, 5.74) is 2.99. The summed E-state index contributed by atoms with van der Waals surface area (Å²) in [6, 6.07) is 12.7. The molecule has 38 heavy (non-hydrogen) atoms. The topological polar surface area (TPSA) is 115 Å². The number of amides is 2. The van der Waals surface area contributed by atoms with Crippen LogP contribution in [-0.4, -0.2) is 48.2 Å². The van der Waals surface area contributed by atoms with Crippen LogP contribution in [0.5, 0.6) is 17.4 Å². The molecule has 0 aliphatic carbocycles. The fourth-order valence-corrected chi connectivity index (χ4v) is 4.78. The van der Waals surface area contributed by atoms with Gasteiger partial charge in [0.15, 0.2) is 0 Å². The van der Waals surface area contributed by atoms with Gasteiger partial charge in [-0.3, -0.25) is 4.79 Å². The molecule has 5 rings (SSSR count). The fourth-order valence-electron chi connectivity index (χ4n) is 4.50. The van der Waals surface area contributed by atoms with Gasteiger partial charge in [0.1, 0.15) is 18.4 Å². The van der Waals surface area contributed by atoms with Crippen LogP contribution in [0.2, 0.25) is 5.02 Å². The number of para-hydroxylation sites is 1. The second kappa shape index (κ2) is 11.6. The predicted octanol–water partition coefficient (Wildman–Crippen LogP) is 4.17. The first-order valence-electron chi connectivity index (χ1n) is 12.5. The molecule has 0 radical (unpaired) electrons. The van der Waals surface area contributed by atoms with Crippen molar-refractivity contribution in [3.8, 4) is 17.4 Å². The van der Waals surface area contributed by atoms with Crippen LogP contribution in [0.1, 0.15) is 30.4 Å². The molecular weight excluding hydrogens is 510 g/mol. The predicted molar refractivity (Wildman–Crippen MR) is 141 cm³/mol. The second-order valence-corrected chi connectivity index (χ2v) is 9.41. The van der Waals surface area contributed by atoms with Crippen molar-refractivity contribution >= 4 is 35.2 Å². The normalized spacial score (nSPS) is 16.7. The zero-order chi connectivity index (χ0) is 26.5. The van der Waals surface area contributed by atoms with Crippen LogP contribution in [0.25, 0.3) is 0 Å². The first-order chi connectivity index (χ1) is 18.5. The summed E-state index contributed by atoms with van der Waals surface area (Å²) in [5, 5.41) is 5.87. The number of carbonyl (C=O) groups is 2. The number of fused-ring (bicyclic) bond motifs is 1. The van der Waals surface area contributed by atoms with E-state index in [9.17, 15) is 9.59 Å². The minimum absolute atomic E-state index is 0.0346. The lowest BCUT2D eigenvalue weighted by atomic mass is 10.1. The number of nitrogens with zero attached hydrogens (tertiary/aromatic N) is 3. The molecule has 3 aromatic rings. The molecule has 2 aliphatic heterocycles. The van der Waals surface area contributed by atoms with Gasteiger partial charge >= 0.3 is 6.09 Å². The van der Waals surface area contributed by atoms with E-state index >= 15 is 0 Å². The van der Waals surface area contributed by atoms with E-state index in [2.05, 4.69) is 26.7 Å². The zero-order valence-electron chi connectivity index (χ0n) is 20.9. The monoisotopic (exact) mass is 537 g/mol. The number of benzene rings is 2. The maximum atomic E-state index is 12.7. The maximum Gasteiger partial charge on any atom is 0.413 e. The molecule has 2 amide bonds. The summed E-state index contributed by atoms with van der Waals surface area (Å²) in [5.74, 6) is 0.870. The molecular formula is C27H28ClN5O5. The standard InChI is InChI=1S/C27H28ClN5O5/c1-36-22-10-9-17(14-19(22)28)16-37-25-23(38-27(35)31-20-7-4-5-12-29-24(20)34)15-30-26(32-25)33-13-11-18-6-2-3-8-21(18)33/h2-3,6,8-10,14-15,20H,4-5,7,11-13,16H2,1H3,(H,29,34)(H,31,35). The summed E-state index contributed by atoms with van der Waals surface area (Å²) in [7, 11) is 1.55. The lowest BCUT2D eigenvalue weighted by Gasteiger charge is -2.19. The molecule has 1 unspecified atom stereocenters. The minimum Gasteiger partial charge on any atom is -0.495 e. The number of hydrogen-bond acceptors (Lipinski definition) is 8. The van der Waals surface area contributed by atoms with Gasteiger partial charge in [-0.1, -0.05) is 35.9 Å². The summed E-state index contributed by atoms with van der Waals surface area (Å²) < 4.78 is 16.8. The third-order valence-corrected chi connectivity index (χ3v) is 6.76.